The number of rotatable bonds is 16. The number of benzene rings is 2. The molecule has 2 aromatic carbocycles. The summed E-state index contributed by atoms with van der Waals surface area (Å²) in [6.45, 7) is 24.0. The summed E-state index contributed by atoms with van der Waals surface area (Å²) in [7, 11) is 3.91. The van der Waals surface area contributed by atoms with Gasteiger partial charge in [-0.25, -0.2) is 0 Å². The number of aryl methyl sites for hydroxylation is 2. The molecule has 2 aromatic rings. The summed E-state index contributed by atoms with van der Waals surface area (Å²) in [6.07, 6.45) is 3.23. The maximum atomic E-state index is 13.5. The highest BCUT2D eigenvalue weighted by Gasteiger charge is 2.48. The fourth-order valence-electron chi connectivity index (χ4n) is 7.23. The summed E-state index contributed by atoms with van der Waals surface area (Å²) in [4.78, 5) is 52.9. The number of esters is 2. The van der Waals surface area contributed by atoms with Crippen LogP contribution in [-0.4, -0.2) is 74.0 Å². The van der Waals surface area contributed by atoms with Crippen molar-refractivity contribution < 1.29 is 33.4 Å². The molecule has 0 bridgehead atoms. The number of carbonyl (C=O) groups excluding carboxylic acids is 4. The zero-order valence-electron chi connectivity index (χ0n) is 35.3. The van der Waals surface area contributed by atoms with Gasteiger partial charge in [-0.05, 0) is 99.5 Å². The van der Waals surface area contributed by atoms with E-state index in [2.05, 4.69) is 63.3 Å². The molecule has 9 nitrogen and oxygen atoms in total. The van der Waals surface area contributed by atoms with Crippen LogP contribution in [0.3, 0.4) is 0 Å². The Morgan fingerprint density at radius 2 is 1.56 bits per heavy atom. The molecule has 9 heteroatoms. The lowest BCUT2D eigenvalue weighted by Crippen LogP contribution is -2.53. The number of nitrogens with zero attached hydrogens (tertiary/aromatic N) is 1. The molecule has 0 unspecified atom stereocenters. The average molecular weight is 747 g/mol. The smallest absolute Gasteiger partial charge is 0.303 e. The predicted molar refractivity (Wildman–Crippen MR) is 215 cm³/mol. The van der Waals surface area contributed by atoms with Crippen LogP contribution in [0.5, 0.6) is 0 Å². The quantitative estimate of drug-likeness (QED) is 0.172. The lowest BCUT2D eigenvalue weighted by molar-refractivity contribution is -0.225. The minimum absolute atomic E-state index is 0.00743. The van der Waals surface area contributed by atoms with Crippen molar-refractivity contribution in [3.63, 3.8) is 0 Å². The SMILES string of the molecule is CC[C@H]1O[C@@H](c2cc(Cc3ccc(/C=C/C(C)(C)C(=O)CC(C)(C)C(=O)NCCN(C)C)cc3C)c(C(C)C)cc2C)[C@H](OC(C)=O)[C@@H](OC(C)=O)[C@@H]1C. The van der Waals surface area contributed by atoms with Gasteiger partial charge in [0.2, 0.25) is 5.91 Å². The molecule has 1 aliphatic rings. The first-order valence-electron chi connectivity index (χ1n) is 19.5. The second-order valence-corrected chi connectivity index (χ2v) is 17.0. The van der Waals surface area contributed by atoms with Gasteiger partial charge in [-0.15, -0.1) is 0 Å². The van der Waals surface area contributed by atoms with Crippen LogP contribution in [0.25, 0.3) is 6.08 Å². The van der Waals surface area contributed by atoms with E-state index in [1.165, 1.54) is 25.0 Å². The van der Waals surface area contributed by atoms with Gasteiger partial charge < -0.3 is 24.4 Å². The van der Waals surface area contributed by atoms with E-state index in [4.69, 9.17) is 14.2 Å². The fourth-order valence-corrected chi connectivity index (χ4v) is 7.23. The lowest BCUT2D eigenvalue weighted by atomic mass is 9.77. The highest BCUT2D eigenvalue weighted by atomic mass is 16.6. The molecular weight excluding hydrogens is 681 g/mol. The summed E-state index contributed by atoms with van der Waals surface area (Å²) >= 11 is 0. The number of likely N-dealkylation sites (N-methyl/N-ethyl adjacent to an activating group) is 1. The van der Waals surface area contributed by atoms with Gasteiger partial charge in [0.1, 0.15) is 18.0 Å². The molecule has 1 heterocycles. The van der Waals surface area contributed by atoms with Crippen molar-refractivity contribution in [2.45, 2.75) is 133 Å². The summed E-state index contributed by atoms with van der Waals surface area (Å²) < 4.78 is 18.4. The van der Waals surface area contributed by atoms with E-state index in [1.807, 2.05) is 72.7 Å². The Morgan fingerprint density at radius 3 is 2.11 bits per heavy atom. The van der Waals surface area contributed by atoms with Crippen molar-refractivity contribution in [3.8, 4) is 0 Å². The highest BCUT2D eigenvalue weighted by molar-refractivity contribution is 5.93. The molecule has 0 aromatic heterocycles. The number of carbonyl (C=O) groups is 4. The second-order valence-electron chi connectivity index (χ2n) is 17.0. The summed E-state index contributed by atoms with van der Waals surface area (Å²) in [5.41, 5.74) is 6.02. The summed E-state index contributed by atoms with van der Waals surface area (Å²) in [6, 6.07) is 10.7. The fraction of sp³-hybridized carbons (Fsp3) is 0.600. The molecule has 1 fully saturated rings. The predicted octanol–water partition coefficient (Wildman–Crippen LogP) is 8.07. The molecule has 0 aliphatic carbocycles. The van der Waals surface area contributed by atoms with E-state index in [9.17, 15) is 19.2 Å². The van der Waals surface area contributed by atoms with Gasteiger partial charge in [0.05, 0.1) is 11.5 Å². The topological polar surface area (TPSA) is 111 Å². The van der Waals surface area contributed by atoms with Crippen molar-refractivity contribution in [2.24, 2.45) is 16.7 Å². The number of Topliss-reactive ketones (excluding diaryl/α,β-unsaturated/α-hetero) is 1. The van der Waals surface area contributed by atoms with Crippen LogP contribution >= 0.6 is 0 Å². The molecular formula is C45H66N2O7. The van der Waals surface area contributed by atoms with E-state index >= 15 is 0 Å². The Kier molecular flexibility index (Phi) is 15.4. The molecule has 5 atom stereocenters. The first kappa shape index (κ1) is 44.6. The van der Waals surface area contributed by atoms with Gasteiger partial charge in [-0.1, -0.05) is 84.0 Å². The Labute approximate surface area is 324 Å². The van der Waals surface area contributed by atoms with Gasteiger partial charge >= 0.3 is 11.9 Å². The van der Waals surface area contributed by atoms with Crippen LogP contribution in [0.2, 0.25) is 0 Å². The van der Waals surface area contributed by atoms with E-state index in [0.29, 0.717) is 13.0 Å². The minimum Gasteiger partial charge on any atom is -0.458 e. The normalized spacial score (nSPS) is 20.7. The number of ketones is 1. The van der Waals surface area contributed by atoms with Gasteiger partial charge in [-0.3, -0.25) is 19.2 Å². The third kappa shape index (κ3) is 11.6. The molecule has 298 valence electrons. The van der Waals surface area contributed by atoms with Crippen LogP contribution in [0.1, 0.15) is 133 Å². The zero-order chi connectivity index (χ0) is 40.7. The zero-order valence-corrected chi connectivity index (χ0v) is 35.3. The van der Waals surface area contributed by atoms with E-state index in [-0.39, 0.29) is 36.1 Å². The van der Waals surface area contributed by atoms with Crippen molar-refractivity contribution in [3.05, 3.63) is 75.4 Å². The number of hydrogen-bond acceptors (Lipinski definition) is 8. The number of nitrogens with one attached hydrogen (secondary N) is 1. The molecule has 3 rings (SSSR count). The standard InChI is InChI=1S/C45H66N2O7/c1-15-38-30(6)40(52-31(7)48)42(53-32(8)49)41(54-38)37-25-35(36(27(2)3)23-29(37)5)24-34-17-16-33(22-28(34)4)18-19-44(9,10)39(50)26-45(11,12)43(51)46-20-21-47(13)14/h16-19,22-23,25,27,30,38,40-42H,15,20-21,24,26H2,1-14H3,(H,46,51)/b19-18+/t30-,38-,40+,41+,42-/m1/s1. The molecule has 1 saturated heterocycles. The van der Waals surface area contributed by atoms with Crippen molar-refractivity contribution in [1.82, 2.24) is 10.2 Å². The molecule has 54 heavy (non-hydrogen) atoms. The van der Waals surface area contributed by atoms with Crippen molar-refractivity contribution in [2.75, 3.05) is 27.2 Å². The minimum atomic E-state index is -0.817. The van der Waals surface area contributed by atoms with Gasteiger partial charge in [0, 0.05) is 44.7 Å². The van der Waals surface area contributed by atoms with Crippen LogP contribution in [0, 0.1) is 30.6 Å². The summed E-state index contributed by atoms with van der Waals surface area (Å²) in [5, 5.41) is 2.96. The third-order valence-electron chi connectivity index (χ3n) is 10.7. The van der Waals surface area contributed by atoms with E-state index in [0.717, 1.165) is 40.8 Å². The number of hydrogen-bond donors (Lipinski definition) is 1. The van der Waals surface area contributed by atoms with Gasteiger partial charge in [-0.2, -0.15) is 0 Å². The van der Waals surface area contributed by atoms with Crippen molar-refractivity contribution >= 4 is 29.7 Å². The number of allylic oxidation sites excluding steroid dienone is 1. The van der Waals surface area contributed by atoms with Crippen LogP contribution in [-0.2, 0) is 39.8 Å². The molecule has 1 amide bonds. The Morgan fingerprint density at radius 1 is 0.926 bits per heavy atom. The molecule has 0 saturated carbocycles. The average Bonchev–Trinajstić information content (AvgIpc) is 3.06. The summed E-state index contributed by atoms with van der Waals surface area (Å²) in [5.74, 6) is -0.887. The maximum absolute atomic E-state index is 13.5. The first-order chi connectivity index (χ1) is 25.1. The van der Waals surface area contributed by atoms with Gasteiger partial charge in [0.15, 0.2) is 6.10 Å². The highest BCUT2D eigenvalue weighted by Crippen LogP contribution is 2.42. The molecule has 1 N–H and O–H groups in total. The monoisotopic (exact) mass is 746 g/mol. The Hall–Kier alpha value is -3.82. The molecule has 1 aliphatic heterocycles. The molecule has 0 radical (unpaired) electrons. The van der Waals surface area contributed by atoms with E-state index < -0.39 is 41.1 Å². The van der Waals surface area contributed by atoms with Crippen LogP contribution in [0.4, 0.5) is 0 Å². The lowest BCUT2D eigenvalue weighted by Gasteiger charge is -2.45. The molecule has 0 spiro atoms. The van der Waals surface area contributed by atoms with Crippen molar-refractivity contribution in [1.29, 1.82) is 0 Å². The Bertz CT molecular complexity index is 1690. The number of amides is 1. The number of ether oxygens (including phenoxy) is 3. The first-order valence-corrected chi connectivity index (χ1v) is 19.5. The Balaban J connectivity index is 1.90. The second kappa shape index (κ2) is 18.7. The largest absolute Gasteiger partial charge is 0.458 e. The van der Waals surface area contributed by atoms with E-state index in [1.54, 1.807) is 0 Å². The van der Waals surface area contributed by atoms with Crippen LogP contribution < -0.4 is 5.32 Å². The maximum Gasteiger partial charge on any atom is 0.303 e. The van der Waals surface area contributed by atoms with Crippen LogP contribution in [0.15, 0.2) is 36.4 Å². The van der Waals surface area contributed by atoms with Gasteiger partial charge in [0.25, 0.3) is 0 Å². The third-order valence-corrected chi connectivity index (χ3v) is 10.7.